The summed E-state index contributed by atoms with van der Waals surface area (Å²) in [5.41, 5.74) is 1.87. The Kier molecular flexibility index (Phi) is 5.14. The third kappa shape index (κ3) is 3.82. The lowest BCUT2D eigenvalue weighted by atomic mass is 9.78. The second kappa shape index (κ2) is 7.29. The smallest absolute Gasteiger partial charge is 0.223 e. The number of aryl methyl sites for hydroxylation is 1. The molecule has 1 amide bonds. The maximum Gasteiger partial charge on any atom is 0.223 e. The number of benzene rings is 1. The predicted octanol–water partition coefficient (Wildman–Crippen LogP) is 4.14. The van der Waals surface area contributed by atoms with Crippen molar-refractivity contribution in [1.29, 1.82) is 0 Å². The number of hydrogen-bond acceptors (Lipinski definition) is 2. The number of piperidine rings is 1. The number of fused-ring (bicyclic) bond motifs is 1. The number of carbonyl (C=O) groups is 2. The van der Waals surface area contributed by atoms with E-state index in [1.165, 1.54) is 25.7 Å². The van der Waals surface area contributed by atoms with Gasteiger partial charge in [-0.05, 0) is 38.5 Å². The van der Waals surface area contributed by atoms with Crippen LogP contribution in [0.5, 0.6) is 0 Å². The molecule has 2 atom stereocenters. The average molecular weight is 313 g/mol. The molecule has 2 unspecified atom stereocenters. The molecular weight excluding hydrogens is 286 g/mol. The highest BCUT2D eigenvalue weighted by Crippen LogP contribution is 2.35. The van der Waals surface area contributed by atoms with Gasteiger partial charge in [-0.3, -0.25) is 9.59 Å². The normalized spacial score (nSPS) is 24.1. The van der Waals surface area contributed by atoms with Crippen LogP contribution in [0.15, 0.2) is 24.3 Å². The van der Waals surface area contributed by atoms with Crippen LogP contribution < -0.4 is 0 Å². The van der Waals surface area contributed by atoms with Crippen LogP contribution in [0.3, 0.4) is 0 Å². The van der Waals surface area contributed by atoms with Crippen LogP contribution in [-0.4, -0.2) is 29.2 Å². The number of likely N-dealkylation sites (tertiary alicyclic amines) is 1. The van der Waals surface area contributed by atoms with Crippen molar-refractivity contribution >= 4 is 11.7 Å². The van der Waals surface area contributed by atoms with Gasteiger partial charge in [-0.25, -0.2) is 0 Å². The highest BCUT2D eigenvalue weighted by molar-refractivity contribution is 5.98. The number of Topliss-reactive ketones (excluding diaryl/α,β-unsaturated/α-hetero) is 1. The Labute approximate surface area is 139 Å². The lowest BCUT2D eigenvalue weighted by molar-refractivity contribution is -0.137. The molecule has 1 aromatic rings. The number of amides is 1. The Balaban J connectivity index is 1.56. The molecule has 124 valence electrons. The summed E-state index contributed by atoms with van der Waals surface area (Å²) in [4.78, 5) is 27.0. The predicted molar refractivity (Wildman–Crippen MR) is 91.4 cm³/mol. The van der Waals surface area contributed by atoms with Gasteiger partial charge >= 0.3 is 0 Å². The third-order valence-corrected chi connectivity index (χ3v) is 5.50. The summed E-state index contributed by atoms with van der Waals surface area (Å²) in [6, 6.07) is 8.07. The van der Waals surface area contributed by atoms with Crippen LogP contribution >= 0.6 is 0 Å². The van der Waals surface area contributed by atoms with Gasteiger partial charge < -0.3 is 4.90 Å². The van der Waals surface area contributed by atoms with Gasteiger partial charge in [-0.2, -0.15) is 0 Å². The highest BCUT2D eigenvalue weighted by Gasteiger charge is 2.35. The topological polar surface area (TPSA) is 37.4 Å². The second-order valence-corrected chi connectivity index (χ2v) is 7.13. The number of ketones is 1. The highest BCUT2D eigenvalue weighted by atomic mass is 16.2. The Hall–Kier alpha value is -1.64. The summed E-state index contributed by atoms with van der Waals surface area (Å²) in [6.07, 6.45) is 8.07. The van der Waals surface area contributed by atoms with E-state index >= 15 is 0 Å². The van der Waals surface area contributed by atoms with Crippen molar-refractivity contribution in [1.82, 2.24) is 4.90 Å². The zero-order valence-electron chi connectivity index (χ0n) is 14.1. The quantitative estimate of drug-likeness (QED) is 0.783. The Morgan fingerprint density at radius 3 is 2.48 bits per heavy atom. The number of nitrogens with zero attached hydrogens (tertiary/aromatic N) is 1. The van der Waals surface area contributed by atoms with E-state index in [9.17, 15) is 9.59 Å². The van der Waals surface area contributed by atoms with Gasteiger partial charge in [0.05, 0.1) is 0 Å². The van der Waals surface area contributed by atoms with Gasteiger partial charge in [-0.15, -0.1) is 0 Å². The molecule has 1 saturated heterocycles. The molecule has 1 heterocycles. The van der Waals surface area contributed by atoms with E-state index in [1.54, 1.807) is 0 Å². The number of carbonyl (C=O) groups excluding carboxylic acids is 2. The first-order chi connectivity index (χ1) is 11.1. The van der Waals surface area contributed by atoms with Gasteiger partial charge in [0.2, 0.25) is 5.91 Å². The maximum atomic E-state index is 12.6. The standard InChI is InChI=1S/C20H27NO2/c1-15-8-10-17(11-9-15)19(22)12-13-20(23)21-14-4-6-16-5-2-3-7-18(16)21/h8-11,16,18H,2-7,12-14H2,1H3. The molecule has 3 heteroatoms. The van der Waals surface area contributed by atoms with E-state index in [2.05, 4.69) is 4.90 Å². The zero-order chi connectivity index (χ0) is 16.2. The van der Waals surface area contributed by atoms with Crippen LogP contribution in [0, 0.1) is 12.8 Å². The van der Waals surface area contributed by atoms with Crippen LogP contribution in [0.1, 0.15) is 67.3 Å². The van der Waals surface area contributed by atoms with Gasteiger partial charge in [0.15, 0.2) is 5.78 Å². The van der Waals surface area contributed by atoms with Crippen molar-refractivity contribution in [2.24, 2.45) is 5.92 Å². The van der Waals surface area contributed by atoms with Crippen molar-refractivity contribution in [3.63, 3.8) is 0 Å². The minimum absolute atomic E-state index is 0.0792. The molecule has 0 aromatic heterocycles. The Morgan fingerprint density at radius 1 is 1.00 bits per heavy atom. The number of rotatable bonds is 4. The van der Waals surface area contributed by atoms with Gasteiger partial charge in [-0.1, -0.05) is 42.7 Å². The van der Waals surface area contributed by atoms with E-state index in [4.69, 9.17) is 0 Å². The maximum absolute atomic E-state index is 12.6. The number of hydrogen-bond donors (Lipinski definition) is 0. The van der Waals surface area contributed by atoms with Crippen LogP contribution in [0.2, 0.25) is 0 Å². The Morgan fingerprint density at radius 2 is 1.70 bits per heavy atom. The summed E-state index contributed by atoms with van der Waals surface area (Å²) < 4.78 is 0. The minimum Gasteiger partial charge on any atom is -0.339 e. The fraction of sp³-hybridized carbons (Fsp3) is 0.600. The first kappa shape index (κ1) is 16.2. The van der Waals surface area contributed by atoms with E-state index in [-0.39, 0.29) is 11.7 Å². The monoisotopic (exact) mass is 313 g/mol. The molecular formula is C20H27NO2. The second-order valence-electron chi connectivity index (χ2n) is 7.13. The first-order valence-electron chi connectivity index (χ1n) is 9.04. The molecule has 0 spiro atoms. The van der Waals surface area contributed by atoms with Crippen molar-refractivity contribution in [3.05, 3.63) is 35.4 Å². The molecule has 2 aliphatic rings. The van der Waals surface area contributed by atoms with Crippen molar-refractivity contribution in [3.8, 4) is 0 Å². The lowest BCUT2D eigenvalue weighted by Crippen LogP contribution is -2.49. The molecule has 1 aliphatic heterocycles. The van der Waals surface area contributed by atoms with Gasteiger partial charge in [0.25, 0.3) is 0 Å². The fourth-order valence-corrected chi connectivity index (χ4v) is 4.18. The molecule has 3 nitrogen and oxygen atoms in total. The van der Waals surface area contributed by atoms with Crippen LogP contribution in [0.4, 0.5) is 0 Å². The summed E-state index contributed by atoms with van der Waals surface area (Å²) in [7, 11) is 0. The Bertz CT molecular complexity index is 562. The minimum atomic E-state index is 0.0792. The van der Waals surface area contributed by atoms with E-state index in [0.29, 0.717) is 24.8 Å². The molecule has 3 rings (SSSR count). The largest absolute Gasteiger partial charge is 0.339 e. The fourth-order valence-electron chi connectivity index (χ4n) is 4.18. The van der Waals surface area contributed by atoms with Gasteiger partial charge in [0.1, 0.15) is 0 Å². The van der Waals surface area contributed by atoms with Crippen LogP contribution in [-0.2, 0) is 4.79 Å². The SMILES string of the molecule is Cc1ccc(C(=O)CCC(=O)N2CCCC3CCCCC32)cc1. The average Bonchev–Trinajstić information content (AvgIpc) is 2.59. The summed E-state index contributed by atoms with van der Waals surface area (Å²) in [5.74, 6) is 0.965. The summed E-state index contributed by atoms with van der Waals surface area (Å²) >= 11 is 0. The molecule has 0 N–H and O–H groups in total. The summed E-state index contributed by atoms with van der Waals surface area (Å²) in [5, 5.41) is 0. The molecule has 1 saturated carbocycles. The van der Waals surface area contributed by atoms with Crippen molar-refractivity contribution in [2.75, 3.05) is 6.54 Å². The molecule has 0 radical (unpaired) electrons. The lowest BCUT2D eigenvalue weighted by Gasteiger charge is -2.44. The first-order valence-corrected chi connectivity index (χ1v) is 9.04. The van der Waals surface area contributed by atoms with Crippen molar-refractivity contribution < 1.29 is 9.59 Å². The molecule has 23 heavy (non-hydrogen) atoms. The summed E-state index contributed by atoms with van der Waals surface area (Å²) in [6.45, 7) is 2.90. The van der Waals surface area contributed by atoms with Gasteiger partial charge in [0, 0.05) is 31.0 Å². The van der Waals surface area contributed by atoms with E-state index in [0.717, 1.165) is 30.5 Å². The molecule has 0 bridgehead atoms. The molecule has 1 aliphatic carbocycles. The molecule has 2 fully saturated rings. The molecule has 1 aromatic carbocycles. The van der Waals surface area contributed by atoms with Crippen LogP contribution in [0.25, 0.3) is 0 Å². The van der Waals surface area contributed by atoms with E-state index < -0.39 is 0 Å². The zero-order valence-corrected chi connectivity index (χ0v) is 14.1. The third-order valence-electron chi connectivity index (χ3n) is 5.50. The van der Waals surface area contributed by atoms with E-state index in [1.807, 2.05) is 31.2 Å². The van der Waals surface area contributed by atoms with Crippen molar-refractivity contribution in [2.45, 2.75) is 64.3 Å².